The van der Waals surface area contributed by atoms with E-state index in [0.29, 0.717) is 5.69 Å². The van der Waals surface area contributed by atoms with E-state index in [1.54, 1.807) is 29.2 Å². The van der Waals surface area contributed by atoms with E-state index in [9.17, 15) is 4.79 Å². The molecule has 3 rings (SSSR count). The summed E-state index contributed by atoms with van der Waals surface area (Å²) in [4.78, 5) is 14.8. The number of nitrogens with one attached hydrogen (secondary N) is 2. The molecule has 5 heteroatoms. The summed E-state index contributed by atoms with van der Waals surface area (Å²) in [6.07, 6.45) is 5.28. The van der Waals surface area contributed by atoms with Crippen LogP contribution in [0.25, 0.3) is 5.69 Å². The van der Waals surface area contributed by atoms with Gasteiger partial charge in [0.2, 0.25) is 0 Å². The molecule has 1 amide bonds. The Hall–Kier alpha value is -2.82. The minimum atomic E-state index is -0.164. The van der Waals surface area contributed by atoms with E-state index in [1.807, 2.05) is 36.5 Å². The van der Waals surface area contributed by atoms with Gasteiger partial charge < -0.3 is 10.3 Å². The molecule has 0 atom stereocenters. The van der Waals surface area contributed by atoms with E-state index < -0.39 is 0 Å². The number of hydrogen-bond donors (Lipinski definition) is 2. The molecule has 19 heavy (non-hydrogen) atoms. The molecule has 0 unspecified atom stereocenters. The molecule has 0 radical (unpaired) electrons. The van der Waals surface area contributed by atoms with Crippen molar-refractivity contribution in [3.63, 3.8) is 0 Å². The van der Waals surface area contributed by atoms with Crippen molar-refractivity contribution in [1.29, 1.82) is 0 Å². The van der Waals surface area contributed by atoms with Crippen molar-refractivity contribution in [3.8, 4) is 5.69 Å². The van der Waals surface area contributed by atoms with Crippen molar-refractivity contribution in [1.82, 2.24) is 14.8 Å². The normalized spacial score (nSPS) is 10.3. The van der Waals surface area contributed by atoms with Gasteiger partial charge in [-0.15, -0.1) is 0 Å². The Balaban J connectivity index is 1.82. The topological polar surface area (TPSA) is 62.7 Å². The first-order valence-corrected chi connectivity index (χ1v) is 5.88. The zero-order chi connectivity index (χ0) is 13.1. The van der Waals surface area contributed by atoms with Crippen LogP contribution in [-0.2, 0) is 0 Å². The third kappa shape index (κ3) is 2.40. The maximum Gasteiger partial charge on any atom is 0.272 e. The van der Waals surface area contributed by atoms with Gasteiger partial charge in [-0.25, -0.2) is 4.68 Å². The third-order valence-corrected chi connectivity index (χ3v) is 2.72. The van der Waals surface area contributed by atoms with Crippen LogP contribution in [0.15, 0.2) is 61.1 Å². The van der Waals surface area contributed by atoms with Crippen molar-refractivity contribution in [2.75, 3.05) is 5.32 Å². The van der Waals surface area contributed by atoms with Gasteiger partial charge in [-0.2, -0.15) is 5.10 Å². The van der Waals surface area contributed by atoms with Crippen LogP contribution >= 0.6 is 0 Å². The average molecular weight is 252 g/mol. The summed E-state index contributed by atoms with van der Waals surface area (Å²) in [5.41, 5.74) is 2.16. The molecule has 2 aromatic heterocycles. The van der Waals surface area contributed by atoms with Gasteiger partial charge in [0.25, 0.3) is 5.91 Å². The summed E-state index contributed by atoms with van der Waals surface area (Å²) in [6.45, 7) is 0. The van der Waals surface area contributed by atoms with E-state index in [-0.39, 0.29) is 5.91 Å². The van der Waals surface area contributed by atoms with E-state index in [1.165, 1.54) is 0 Å². The van der Waals surface area contributed by atoms with Crippen LogP contribution in [0.5, 0.6) is 0 Å². The Morgan fingerprint density at radius 3 is 2.89 bits per heavy atom. The SMILES string of the molecule is O=C(Nc1cccc(-n2cccn2)c1)c1ccc[nH]1. The Bertz CT molecular complexity index is 671. The maximum absolute atomic E-state index is 11.9. The van der Waals surface area contributed by atoms with Crippen LogP contribution in [0.2, 0.25) is 0 Å². The second kappa shape index (κ2) is 4.81. The van der Waals surface area contributed by atoms with E-state index in [4.69, 9.17) is 0 Å². The number of aromatic amines is 1. The molecule has 0 saturated carbocycles. The first kappa shape index (κ1) is 11.3. The zero-order valence-corrected chi connectivity index (χ0v) is 10.1. The summed E-state index contributed by atoms with van der Waals surface area (Å²) in [5.74, 6) is -0.164. The number of H-pyrrole nitrogens is 1. The molecular formula is C14H12N4O. The fraction of sp³-hybridized carbons (Fsp3) is 0. The summed E-state index contributed by atoms with van der Waals surface area (Å²) >= 11 is 0. The highest BCUT2D eigenvalue weighted by atomic mass is 16.1. The van der Waals surface area contributed by atoms with E-state index >= 15 is 0 Å². The summed E-state index contributed by atoms with van der Waals surface area (Å²) < 4.78 is 1.74. The Morgan fingerprint density at radius 1 is 1.21 bits per heavy atom. The molecular weight excluding hydrogens is 240 g/mol. The first-order chi connectivity index (χ1) is 9.33. The number of benzene rings is 1. The van der Waals surface area contributed by atoms with Crippen LogP contribution < -0.4 is 5.32 Å². The predicted molar refractivity (Wildman–Crippen MR) is 72.3 cm³/mol. The molecule has 0 aliphatic heterocycles. The molecule has 0 aliphatic carbocycles. The Morgan fingerprint density at radius 2 is 2.16 bits per heavy atom. The molecule has 3 aromatic rings. The number of amides is 1. The minimum Gasteiger partial charge on any atom is -0.357 e. The third-order valence-electron chi connectivity index (χ3n) is 2.72. The molecule has 0 aliphatic rings. The molecule has 0 bridgehead atoms. The molecule has 5 nitrogen and oxygen atoms in total. The van der Waals surface area contributed by atoms with Gasteiger partial charge in [0.15, 0.2) is 0 Å². The number of aromatic nitrogens is 3. The molecule has 2 N–H and O–H groups in total. The summed E-state index contributed by atoms with van der Waals surface area (Å²) in [6, 6.07) is 12.9. The van der Waals surface area contributed by atoms with E-state index in [0.717, 1.165) is 11.4 Å². The second-order valence-electron chi connectivity index (χ2n) is 4.04. The van der Waals surface area contributed by atoms with Gasteiger partial charge in [-0.05, 0) is 36.4 Å². The number of hydrogen-bond acceptors (Lipinski definition) is 2. The lowest BCUT2D eigenvalue weighted by Crippen LogP contribution is -2.12. The molecule has 0 fully saturated rings. The van der Waals surface area contributed by atoms with Gasteiger partial charge in [-0.1, -0.05) is 6.07 Å². The lowest BCUT2D eigenvalue weighted by atomic mass is 10.2. The van der Waals surface area contributed by atoms with Gasteiger partial charge in [0.1, 0.15) is 5.69 Å². The number of carbonyl (C=O) groups excluding carboxylic acids is 1. The maximum atomic E-state index is 11.9. The fourth-order valence-corrected chi connectivity index (χ4v) is 1.82. The van der Waals surface area contributed by atoms with Gasteiger partial charge in [-0.3, -0.25) is 4.79 Å². The minimum absolute atomic E-state index is 0.164. The molecule has 1 aromatic carbocycles. The summed E-state index contributed by atoms with van der Waals surface area (Å²) in [7, 11) is 0. The molecule has 2 heterocycles. The molecule has 94 valence electrons. The molecule has 0 saturated heterocycles. The van der Waals surface area contributed by atoms with E-state index in [2.05, 4.69) is 15.4 Å². The number of carbonyl (C=O) groups is 1. The zero-order valence-electron chi connectivity index (χ0n) is 10.1. The van der Waals surface area contributed by atoms with Crippen LogP contribution in [-0.4, -0.2) is 20.7 Å². The second-order valence-corrected chi connectivity index (χ2v) is 4.04. The van der Waals surface area contributed by atoms with Crippen LogP contribution in [0.3, 0.4) is 0 Å². The summed E-state index contributed by atoms with van der Waals surface area (Å²) in [5, 5.41) is 6.99. The Kier molecular flexibility index (Phi) is 2.86. The lowest BCUT2D eigenvalue weighted by Gasteiger charge is -2.06. The highest BCUT2D eigenvalue weighted by molar-refractivity contribution is 6.03. The Labute approximate surface area is 109 Å². The standard InChI is InChI=1S/C14H12N4O/c19-14(13-6-2-7-15-13)17-11-4-1-5-12(10-11)18-9-3-8-16-18/h1-10,15H,(H,17,19). The van der Waals surface area contributed by atoms with Gasteiger partial charge in [0, 0.05) is 24.3 Å². The highest BCUT2D eigenvalue weighted by Crippen LogP contribution is 2.14. The van der Waals surface area contributed by atoms with Crippen molar-refractivity contribution in [2.45, 2.75) is 0 Å². The van der Waals surface area contributed by atoms with Gasteiger partial charge >= 0.3 is 0 Å². The van der Waals surface area contributed by atoms with Crippen LogP contribution in [0, 0.1) is 0 Å². The fourth-order valence-electron chi connectivity index (χ4n) is 1.82. The first-order valence-electron chi connectivity index (χ1n) is 5.88. The van der Waals surface area contributed by atoms with Crippen LogP contribution in [0.1, 0.15) is 10.5 Å². The largest absolute Gasteiger partial charge is 0.357 e. The quantitative estimate of drug-likeness (QED) is 0.752. The number of nitrogens with zero attached hydrogens (tertiary/aromatic N) is 2. The van der Waals surface area contributed by atoms with Crippen molar-refractivity contribution in [2.24, 2.45) is 0 Å². The number of anilines is 1. The average Bonchev–Trinajstić information content (AvgIpc) is 3.13. The van der Waals surface area contributed by atoms with Gasteiger partial charge in [0.05, 0.1) is 5.69 Å². The van der Waals surface area contributed by atoms with Crippen molar-refractivity contribution in [3.05, 3.63) is 66.7 Å². The number of rotatable bonds is 3. The highest BCUT2D eigenvalue weighted by Gasteiger charge is 2.06. The predicted octanol–water partition coefficient (Wildman–Crippen LogP) is 2.45. The van der Waals surface area contributed by atoms with Crippen LogP contribution in [0.4, 0.5) is 5.69 Å². The monoisotopic (exact) mass is 252 g/mol. The lowest BCUT2D eigenvalue weighted by molar-refractivity contribution is 0.102. The van der Waals surface area contributed by atoms with Crippen molar-refractivity contribution < 1.29 is 4.79 Å². The smallest absolute Gasteiger partial charge is 0.272 e. The molecule has 0 spiro atoms. The van der Waals surface area contributed by atoms with Crippen molar-refractivity contribution >= 4 is 11.6 Å².